The van der Waals surface area contributed by atoms with Gasteiger partial charge in [0.05, 0.1) is 23.4 Å². The van der Waals surface area contributed by atoms with Gasteiger partial charge in [-0.15, -0.1) is 11.3 Å². The van der Waals surface area contributed by atoms with Crippen molar-refractivity contribution in [2.75, 3.05) is 12.8 Å². The van der Waals surface area contributed by atoms with Gasteiger partial charge in [0.25, 0.3) is 0 Å². The minimum absolute atomic E-state index is 0.0756. The van der Waals surface area contributed by atoms with Gasteiger partial charge in [-0.05, 0) is 67.3 Å². The number of nitrogen functional groups attached to an aromatic ring is 1. The number of rotatable bonds is 7. The molecule has 3 aromatic carbocycles. The molecule has 4 nitrogen and oxygen atoms in total. The second-order valence-electron chi connectivity index (χ2n) is 6.92. The van der Waals surface area contributed by atoms with Gasteiger partial charge in [-0.1, -0.05) is 35.9 Å². The normalized spacial score (nSPS) is 12.2. The lowest BCUT2D eigenvalue weighted by Gasteiger charge is -2.16. The first-order valence-corrected chi connectivity index (χ1v) is 11.0. The van der Waals surface area contributed by atoms with Gasteiger partial charge in [-0.3, -0.25) is 0 Å². The zero-order valence-electron chi connectivity index (χ0n) is 16.4. The summed E-state index contributed by atoms with van der Waals surface area (Å²) in [4.78, 5) is 5.98. The summed E-state index contributed by atoms with van der Waals surface area (Å²) in [6.45, 7) is 2.12. The van der Waals surface area contributed by atoms with E-state index in [1.54, 1.807) is 30.4 Å². The van der Waals surface area contributed by atoms with E-state index in [4.69, 9.17) is 15.5 Å². The van der Waals surface area contributed by atoms with Crippen molar-refractivity contribution in [1.29, 1.82) is 0 Å². The van der Waals surface area contributed by atoms with Crippen molar-refractivity contribution in [1.82, 2.24) is 9.71 Å². The van der Waals surface area contributed by atoms with Crippen LogP contribution in [0.3, 0.4) is 0 Å². The van der Waals surface area contributed by atoms with Crippen molar-refractivity contribution in [3.05, 3.63) is 82.9 Å². The molecule has 3 N–H and O–H groups in total. The van der Waals surface area contributed by atoms with Crippen LogP contribution in [0.5, 0.6) is 5.75 Å². The second-order valence-corrected chi connectivity index (χ2v) is 8.90. The van der Waals surface area contributed by atoms with Crippen LogP contribution in [0.1, 0.15) is 22.2 Å². The number of aromatic nitrogens is 1. The Morgan fingerprint density at radius 2 is 1.97 bits per heavy atom. The van der Waals surface area contributed by atoms with Crippen LogP contribution < -0.4 is 15.2 Å². The molecule has 0 fully saturated rings. The van der Waals surface area contributed by atoms with Crippen LogP contribution in [0.4, 0.5) is 5.69 Å². The topological polar surface area (TPSA) is 60.2 Å². The van der Waals surface area contributed by atoms with Gasteiger partial charge < -0.3 is 10.5 Å². The third-order valence-electron chi connectivity index (χ3n) is 4.61. The lowest BCUT2D eigenvalue weighted by Crippen LogP contribution is -2.17. The standard InChI is InChI=1S/C23H23N3OS2/c1-15-5-3-6-16(11-15)12-21(26-29-19-8-4-7-17(24)13-19)23-25-20-10-9-18(27-2)14-22(20)28-23/h3-11,13-14,21,26H,12,24H2,1-2H3. The molecule has 0 aliphatic carbocycles. The molecule has 0 spiro atoms. The van der Waals surface area contributed by atoms with Gasteiger partial charge in [0.2, 0.25) is 0 Å². The van der Waals surface area contributed by atoms with Gasteiger partial charge in [0, 0.05) is 10.6 Å². The van der Waals surface area contributed by atoms with Crippen molar-refractivity contribution in [2.24, 2.45) is 0 Å². The Morgan fingerprint density at radius 1 is 1.10 bits per heavy atom. The molecule has 0 amide bonds. The van der Waals surface area contributed by atoms with E-state index in [0.29, 0.717) is 0 Å². The van der Waals surface area contributed by atoms with Crippen LogP contribution >= 0.6 is 23.3 Å². The summed E-state index contributed by atoms with van der Waals surface area (Å²) in [7, 11) is 1.69. The fourth-order valence-electron chi connectivity index (χ4n) is 3.17. The molecule has 4 rings (SSSR count). The number of benzene rings is 3. The number of aryl methyl sites for hydroxylation is 1. The van der Waals surface area contributed by atoms with Crippen LogP contribution in [0, 0.1) is 6.92 Å². The average Bonchev–Trinajstić information content (AvgIpc) is 3.14. The molecule has 29 heavy (non-hydrogen) atoms. The van der Waals surface area contributed by atoms with E-state index in [9.17, 15) is 0 Å². The summed E-state index contributed by atoms with van der Waals surface area (Å²) in [6, 6.07) is 22.6. The summed E-state index contributed by atoms with van der Waals surface area (Å²) >= 11 is 3.30. The molecule has 0 radical (unpaired) electrons. The predicted octanol–water partition coefficient (Wildman–Crippen LogP) is 5.78. The van der Waals surface area contributed by atoms with Crippen molar-refractivity contribution in [3.63, 3.8) is 0 Å². The lowest BCUT2D eigenvalue weighted by atomic mass is 10.0. The number of nitrogens with two attached hydrogens (primary N) is 1. The van der Waals surface area contributed by atoms with Crippen molar-refractivity contribution >= 4 is 39.2 Å². The van der Waals surface area contributed by atoms with Gasteiger partial charge in [-0.25, -0.2) is 9.71 Å². The number of thiazole rings is 1. The lowest BCUT2D eigenvalue weighted by molar-refractivity contribution is 0.415. The molecule has 4 aromatic rings. The third kappa shape index (κ3) is 4.90. The minimum atomic E-state index is 0.0756. The predicted molar refractivity (Wildman–Crippen MR) is 124 cm³/mol. The fraction of sp³-hybridized carbons (Fsp3) is 0.174. The monoisotopic (exact) mass is 421 g/mol. The molecule has 0 bridgehead atoms. The van der Waals surface area contributed by atoms with E-state index in [1.165, 1.54) is 11.1 Å². The number of anilines is 1. The first kappa shape index (κ1) is 19.8. The molecule has 1 heterocycles. The van der Waals surface area contributed by atoms with Crippen molar-refractivity contribution < 1.29 is 4.74 Å². The number of nitrogens with one attached hydrogen (secondary N) is 1. The zero-order valence-corrected chi connectivity index (χ0v) is 18.0. The highest BCUT2D eigenvalue weighted by Crippen LogP contribution is 2.33. The number of hydrogen-bond acceptors (Lipinski definition) is 6. The molecular formula is C23H23N3OS2. The highest BCUT2D eigenvalue weighted by molar-refractivity contribution is 7.97. The highest BCUT2D eigenvalue weighted by atomic mass is 32.2. The van der Waals surface area contributed by atoms with E-state index >= 15 is 0 Å². The van der Waals surface area contributed by atoms with Crippen molar-refractivity contribution in [2.45, 2.75) is 24.3 Å². The first-order chi connectivity index (χ1) is 14.1. The van der Waals surface area contributed by atoms with E-state index in [2.05, 4.69) is 42.0 Å². The molecule has 148 valence electrons. The van der Waals surface area contributed by atoms with E-state index in [0.717, 1.165) is 38.0 Å². The number of fused-ring (bicyclic) bond motifs is 1. The van der Waals surface area contributed by atoms with Crippen LogP contribution in [0.2, 0.25) is 0 Å². The van der Waals surface area contributed by atoms with Gasteiger partial charge in [0.15, 0.2) is 0 Å². The van der Waals surface area contributed by atoms with Gasteiger partial charge in [-0.2, -0.15) is 0 Å². The van der Waals surface area contributed by atoms with Crippen LogP contribution in [0.15, 0.2) is 71.6 Å². The molecule has 0 aliphatic rings. The molecule has 0 aliphatic heterocycles. The molecule has 0 saturated carbocycles. The largest absolute Gasteiger partial charge is 0.497 e. The van der Waals surface area contributed by atoms with E-state index in [1.807, 2.05) is 36.4 Å². The Labute approximate surface area is 179 Å². The molecule has 1 unspecified atom stereocenters. The molecule has 1 aromatic heterocycles. The second kappa shape index (κ2) is 8.86. The summed E-state index contributed by atoms with van der Waals surface area (Å²) in [6.07, 6.45) is 0.855. The first-order valence-electron chi connectivity index (χ1n) is 9.38. The number of ether oxygens (including phenoxy) is 1. The maximum atomic E-state index is 5.93. The van der Waals surface area contributed by atoms with E-state index in [-0.39, 0.29) is 6.04 Å². The minimum Gasteiger partial charge on any atom is -0.497 e. The Morgan fingerprint density at radius 3 is 2.76 bits per heavy atom. The smallest absolute Gasteiger partial charge is 0.120 e. The summed E-state index contributed by atoms with van der Waals surface area (Å²) < 4.78 is 10.1. The molecule has 6 heteroatoms. The summed E-state index contributed by atoms with van der Waals surface area (Å²) in [5, 5.41) is 1.06. The zero-order chi connectivity index (χ0) is 20.2. The number of methoxy groups -OCH3 is 1. The Balaban J connectivity index is 1.63. The van der Waals surface area contributed by atoms with Crippen LogP contribution in [-0.4, -0.2) is 12.1 Å². The molecule has 0 saturated heterocycles. The Kier molecular flexibility index (Phi) is 6.04. The maximum absolute atomic E-state index is 5.93. The Hall–Kier alpha value is -2.54. The number of nitrogens with zero attached hydrogens (tertiary/aromatic N) is 1. The highest BCUT2D eigenvalue weighted by Gasteiger charge is 2.18. The molecule has 1 atom stereocenters. The maximum Gasteiger partial charge on any atom is 0.120 e. The SMILES string of the molecule is COc1ccc2nc(C(Cc3cccc(C)c3)NSc3cccc(N)c3)sc2c1. The van der Waals surface area contributed by atoms with Crippen LogP contribution in [0.25, 0.3) is 10.2 Å². The van der Waals surface area contributed by atoms with Gasteiger partial charge >= 0.3 is 0 Å². The quantitative estimate of drug-likeness (QED) is 0.293. The average molecular weight is 422 g/mol. The summed E-state index contributed by atoms with van der Waals surface area (Å²) in [5.74, 6) is 0.852. The summed E-state index contributed by atoms with van der Waals surface area (Å²) in [5.41, 5.74) is 10.2. The van der Waals surface area contributed by atoms with E-state index < -0.39 is 0 Å². The van der Waals surface area contributed by atoms with Crippen molar-refractivity contribution in [3.8, 4) is 5.75 Å². The fourth-order valence-corrected chi connectivity index (χ4v) is 5.11. The van der Waals surface area contributed by atoms with Gasteiger partial charge in [0.1, 0.15) is 10.8 Å². The molecular weight excluding hydrogens is 398 g/mol. The van der Waals surface area contributed by atoms with Crippen LogP contribution in [-0.2, 0) is 6.42 Å². The number of hydrogen-bond donors (Lipinski definition) is 2. The Bertz CT molecular complexity index is 1130. The third-order valence-corrected chi connectivity index (χ3v) is 6.63.